The van der Waals surface area contributed by atoms with Gasteiger partial charge in [0.15, 0.2) is 5.65 Å². The van der Waals surface area contributed by atoms with E-state index in [1.165, 1.54) is 19.3 Å². The first kappa shape index (κ1) is 19.6. The second-order valence-electron chi connectivity index (χ2n) is 6.93. The smallest absolute Gasteiger partial charge is 0.322 e. The summed E-state index contributed by atoms with van der Waals surface area (Å²) in [6, 6.07) is 6.33. The molecule has 152 valence electrons. The number of carbonyl (C=O) groups excluding carboxylic acids is 1. The fraction of sp³-hybridized carbons (Fsp3) is 0.368. The third-order valence-corrected chi connectivity index (χ3v) is 6.02. The molecule has 10 heteroatoms. The number of hydrogen-bond donors (Lipinski definition) is 1. The van der Waals surface area contributed by atoms with Crippen molar-refractivity contribution in [2.24, 2.45) is 0 Å². The molecule has 4 rings (SSSR count). The molecular weight excluding hydrogens is 400 g/mol. The second kappa shape index (κ2) is 8.32. The van der Waals surface area contributed by atoms with Crippen molar-refractivity contribution in [3.05, 3.63) is 52.5 Å². The fourth-order valence-corrected chi connectivity index (χ4v) is 4.51. The molecule has 0 radical (unpaired) electrons. The van der Waals surface area contributed by atoms with Crippen LogP contribution in [0.25, 0.3) is 5.65 Å². The molecular formula is C19H19F2N5O2S. The summed E-state index contributed by atoms with van der Waals surface area (Å²) in [5, 5.41) is 12.0. The average molecular weight is 419 g/mol. The minimum absolute atomic E-state index is 0.169. The molecule has 0 bridgehead atoms. The van der Waals surface area contributed by atoms with E-state index in [1.54, 1.807) is 17.8 Å². The van der Waals surface area contributed by atoms with Crippen molar-refractivity contribution in [1.82, 2.24) is 19.4 Å². The molecule has 0 saturated heterocycles. The Balaban J connectivity index is 1.49. The van der Waals surface area contributed by atoms with Crippen LogP contribution >= 0.6 is 11.8 Å². The van der Waals surface area contributed by atoms with E-state index >= 15 is 0 Å². The first-order valence-electron chi connectivity index (χ1n) is 9.38. The molecule has 2 aromatic heterocycles. The molecule has 1 saturated carbocycles. The van der Waals surface area contributed by atoms with Gasteiger partial charge in [-0.05, 0) is 37.1 Å². The van der Waals surface area contributed by atoms with Gasteiger partial charge < -0.3 is 5.32 Å². The highest BCUT2D eigenvalue weighted by molar-refractivity contribution is 7.99. The lowest BCUT2D eigenvalue weighted by molar-refractivity contribution is -0.117. The lowest BCUT2D eigenvalue weighted by Crippen LogP contribution is -2.29. The van der Waals surface area contributed by atoms with Gasteiger partial charge in [0.1, 0.15) is 23.2 Å². The highest BCUT2D eigenvalue weighted by atomic mass is 32.2. The number of nitrogens with zero attached hydrogens (tertiary/aromatic N) is 4. The van der Waals surface area contributed by atoms with Gasteiger partial charge in [0.2, 0.25) is 5.91 Å². The van der Waals surface area contributed by atoms with Gasteiger partial charge in [-0.2, -0.15) is 9.61 Å². The van der Waals surface area contributed by atoms with Gasteiger partial charge in [0.25, 0.3) is 0 Å². The minimum Gasteiger partial charge on any atom is -0.322 e. The van der Waals surface area contributed by atoms with E-state index in [0.717, 1.165) is 39.2 Å². The first-order valence-corrected chi connectivity index (χ1v) is 10.3. The number of benzene rings is 1. The van der Waals surface area contributed by atoms with E-state index in [-0.39, 0.29) is 5.69 Å². The number of fused-ring (bicyclic) bond motifs is 1. The van der Waals surface area contributed by atoms with Crippen molar-refractivity contribution in [3.8, 4) is 0 Å². The topological polar surface area (TPSA) is 81.3 Å². The lowest BCUT2D eigenvalue weighted by Gasteiger charge is -2.20. The average Bonchev–Trinajstić information content (AvgIpc) is 3.00. The highest BCUT2D eigenvalue weighted by Crippen LogP contribution is 2.32. The van der Waals surface area contributed by atoms with Crippen LogP contribution in [0.3, 0.4) is 0 Å². The number of aromatic nitrogens is 4. The molecule has 1 N–H and O–H groups in total. The molecule has 3 aromatic rings. The summed E-state index contributed by atoms with van der Waals surface area (Å²) in [5.74, 6) is -2.30. The van der Waals surface area contributed by atoms with E-state index in [2.05, 4.69) is 15.5 Å². The molecule has 0 spiro atoms. The van der Waals surface area contributed by atoms with Crippen LogP contribution in [0, 0.1) is 11.6 Å². The number of anilines is 1. The van der Waals surface area contributed by atoms with Gasteiger partial charge in [0.05, 0.1) is 5.69 Å². The molecule has 0 unspecified atom stereocenters. The second-order valence-corrected chi connectivity index (χ2v) is 8.25. The van der Waals surface area contributed by atoms with E-state index in [9.17, 15) is 18.4 Å². The minimum atomic E-state index is -0.897. The molecule has 1 fully saturated rings. The predicted octanol–water partition coefficient (Wildman–Crippen LogP) is 3.23. The van der Waals surface area contributed by atoms with Crippen molar-refractivity contribution in [2.45, 2.75) is 48.9 Å². The van der Waals surface area contributed by atoms with Crippen LogP contribution in [0.2, 0.25) is 0 Å². The van der Waals surface area contributed by atoms with Crippen LogP contribution in [0.15, 0.2) is 40.2 Å². The SMILES string of the molecule is O=C(Cn1nc2ccc(SC3CCCCC3)nn2c1=O)Nc1ccc(F)cc1F. The molecule has 7 nitrogen and oxygen atoms in total. The van der Waals surface area contributed by atoms with Gasteiger partial charge in [-0.1, -0.05) is 19.3 Å². The standard InChI is InChI=1S/C19H19F2N5O2S/c20-12-6-7-15(14(21)10-12)22-17(27)11-25-19(28)26-16(23-25)8-9-18(24-26)29-13-4-2-1-3-5-13/h6-10,13H,1-5,11H2,(H,22,27). The van der Waals surface area contributed by atoms with Crippen molar-refractivity contribution < 1.29 is 13.6 Å². The zero-order chi connectivity index (χ0) is 20.4. The van der Waals surface area contributed by atoms with Gasteiger partial charge in [0, 0.05) is 11.3 Å². The Bertz CT molecular complexity index is 1110. The van der Waals surface area contributed by atoms with Crippen molar-refractivity contribution >= 4 is 29.0 Å². The number of thioether (sulfide) groups is 1. The van der Waals surface area contributed by atoms with Gasteiger partial charge in [-0.3, -0.25) is 4.79 Å². The number of carbonyl (C=O) groups is 1. The Morgan fingerprint density at radius 2 is 1.93 bits per heavy atom. The summed E-state index contributed by atoms with van der Waals surface area (Å²) >= 11 is 1.66. The summed E-state index contributed by atoms with van der Waals surface area (Å²) in [4.78, 5) is 24.7. The first-order chi connectivity index (χ1) is 14.0. The van der Waals surface area contributed by atoms with Crippen molar-refractivity contribution in [2.75, 3.05) is 5.32 Å². The summed E-state index contributed by atoms with van der Waals surface area (Å²) in [5.41, 5.74) is -0.401. The van der Waals surface area contributed by atoms with Crippen LogP contribution in [0.5, 0.6) is 0 Å². The van der Waals surface area contributed by atoms with Crippen LogP contribution in [-0.4, -0.2) is 30.6 Å². The number of nitrogens with one attached hydrogen (secondary N) is 1. The Morgan fingerprint density at radius 3 is 2.69 bits per heavy atom. The molecule has 29 heavy (non-hydrogen) atoms. The van der Waals surface area contributed by atoms with Gasteiger partial charge in [-0.25, -0.2) is 18.3 Å². The normalized spacial score (nSPS) is 15.0. The highest BCUT2D eigenvalue weighted by Gasteiger charge is 2.17. The van der Waals surface area contributed by atoms with Crippen LogP contribution < -0.4 is 11.0 Å². The number of amides is 1. The predicted molar refractivity (Wildman–Crippen MR) is 105 cm³/mol. The summed E-state index contributed by atoms with van der Waals surface area (Å²) < 4.78 is 28.8. The van der Waals surface area contributed by atoms with Crippen molar-refractivity contribution in [1.29, 1.82) is 0 Å². The lowest BCUT2D eigenvalue weighted by atomic mass is 10.0. The third-order valence-electron chi connectivity index (χ3n) is 4.75. The Morgan fingerprint density at radius 1 is 1.14 bits per heavy atom. The quantitative estimate of drug-likeness (QED) is 0.687. The maximum absolute atomic E-state index is 13.7. The molecule has 1 aliphatic carbocycles. The Hall–Kier alpha value is -2.75. The number of rotatable bonds is 5. The third kappa shape index (κ3) is 4.47. The van der Waals surface area contributed by atoms with Crippen molar-refractivity contribution in [3.63, 3.8) is 0 Å². The van der Waals surface area contributed by atoms with E-state index in [4.69, 9.17) is 0 Å². The molecule has 1 amide bonds. The zero-order valence-corrected chi connectivity index (χ0v) is 16.3. The molecule has 1 aromatic carbocycles. The summed E-state index contributed by atoms with van der Waals surface area (Å²) in [6.45, 7) is -0.413. The monoisotopic (exact) mass is 419 g/mol. The van der Waals surface area contributed by atoms with Gasteiger partial charge in [-0.15, -0.1) is 16.9 Å². The largest absolute Gasteiger partial charge is 0.367 e. The van der Waals surface area contributed by atoms with E-state index < -0.39 is 29.8 Å². The van der Waals surface area contributed by atoms with Crippen LogP contribution in [0.1, 0.15) is 32.1 Å². The molecule has 2 heterocycles. The van der Waals surface area contributed by atoms with E-state index in [1.807, 2.05) is 6.07 Å². The molecule has 0 aliphatic heterocycles. The molecule has 0 atom stereocenters. The van der Waals surface area contributed by atoms with Gasteiger partial charge >= 0.3 is 5.69 Å². The summed E-state index contributed by atoms with van der Waals surface area (Å²) in [6.07, 6.45) is 5.96. The maximum atomic E-state index is 13.7. The fourth-order valence-electron chi connectivity index (χ4n) is 3.33. The maximum Gasteiger partial charge on any atom is 0.367 e. The number of hydrogen-bond acceptors (Lipinski definition) is 5. The Kier molecular flexibility index (Phi) is 5.61. The zero-order valence-electron chi connectivity index (χ0n) is 15.5. The molecule has 1 aliphatic rings. The van der Waals surface area contributed by atoms with Crippen LogP contribution in [-0.2, 0) is 11.3 Å². The van der Waals surface area contributed by atoms with Crippen LogP contribution in [0.4, 0.5) is 14.5 Å². The number of halogens is 2. The Labute approximate surface area is 169 Å². The summed E-state index contributed by atoms with van der Waals surface area (Å²) in [7, 11) is 0. The van der Waals surface area contributed by atoms with E-state index in [0.29, 0.717) is 17.0 Å².